The molecule has 2 bridgehead atoms. The van der Waals surface area contributed by atoms with Gasteiger partial charge in [0.1, 0.15) is 21.9 Å². The summed E-state index contributed by atoms with van der Waals surface area (Å²) in [6.45, 7) is 0. The van der Waals surface area contributed by atoms with Crippen molar-refractivity contribution in [3.05, 3.63) is 17.1 Å². The maximum Gasteiger partial charge on any atom is 0.295 e. The maximum atomic E-state index is 9.31. The quantitative estimate of drug-likeness (QED) is 0.547. The molecule has 0 amide bonds. The predicted molar refractivity (Wildman–Crippen MR) is 45.7 cm³/mol. The van der Waals surface area contributed by atoms with Crippen LogP contribution in [0.15, 0.2) is 8.83 Å². The molecule has 5 heteroatoms. The van der Waals surface area contributed by atoms with Crippen molar-refractivity contribution in [1.29, 1.82) is 5.26 Å². The van der Waals surface area contributed by atoms with Crippen LogP contribution in [0.25, 0.3) is 11.0 Å². The summed E-state index contributed by atoms with van der Waals surface area (Å²) in [7, 11) is 0. The van der Waals surface area contributed by atoms with Crippen LogP contribution in [-0.2, 0) is 0 Å². The second kappa shape index (κ2) is 1.75. The Morgan fingerprint density at radius 1 is 1.31 bits per heavy atom. The molecule has 1 aliphatic rings. The molecule has 0 saturated heterocycles. The van der Waals surface area contributed by atoms with Crippen LogP contribution >= 0.6 is 12.2 Å². The van der Waals surface area contributed by atoms with E-state index in [4.69, 9.17) is 26.3 Å². The van der Waals surface area contributed by atoms with Gasteiger partial charge in [-0.2, -0.15) is 5.26 Å². The van der Waals surface area contributed by atoms with Crippen LogP contribution in [0.3, 0.4) is 0 Å². The fraction of sp³-hybridized carbons (Fsp3) is 0. The molecule has 2 aromatic rings. The van der Waals surface area contributed by atoms with Crippen LogP contribution < -0.4 is 0 Å². The molecule has 0 spiro atoms. The molecule has 0 radical (unpaired) electrons. The van der Waals surface area contributed by atoms with E-state index in [0.29, 0.717) is 27.4 Å². The SMILES string of the molecule is N#Cc1c2oc3c(oc(O)c13)C2=S. The van der Waals surface area contributed by atoms with Crippen molar-refractivity contribution < 1.29 is 13.9 Å². The molecule has 3 rings (SSSR count). The van der Waals surface area contributed by atoms with Gasteiger partial charge >= 0.3 is 0 Å². The molecule has 3 heterocycles. The van der Waals surface area contributed by atoms with Crippen molar-refractivity contribution in [3.8, 4) is 12.0 Å². The average molecular weight is 191 g/mol. The first-order valence-electron chi connectivity index (χ1n) is 3.47. The molecule has 1 N–H and O–H groups in total. The molecule has 0 aromatic carbocycles. The lowest BCUT2D eigenvalue weighted by molar-refractivity contribution is 0.336. The van der Waals surface area contributed by atoms with Crippen molar-refractivity contribution in [3.63, 3.8) is 0 Å². The summed E-state index contributed by atoms with van der Waals surface area (Å²) in [5.41, 5.74) is 0.646. The van der Waals surface area contributed by atoms with Crippen LogP contribution in [0.4, 0.5) is 0 Å². The Labute approximate surface area is 77.0 Å². The largest absolute Gasteiger partial charge is 0.480 e. The second-order valence-corrected chi connectivity index (χ2v) is 3.10. The summed E-state index contributed by atoms with van der Waals surface area (Å²) in [6.07, 6.45) is 0. The number of nitriles is 1. The maximum absolute atomic E-state index is 9.31. The summed E-state index contributed by atoms with van der Waals surface area (Å²) >= 11 is 4.96. The molecule has 62 valence electrons. The van der Waals surface area contributed by atoms with Gasteiger partial charge in [-0.1, -0.05) is 12.2 Å². The van der Waals surface area contributed by atoms with Crippen molar-refractivity contribution in [2.24, 2.45) is 0 Å². The molecular weight excluding hydrogens is 190 g/mol. The van der Waals surface area contributed by atoms with Gasteiger partial charge in [-0.3, -0.25) is 0 Å². The van der Waals surface area contributed by atoms with Crippen molar-refractivity contribution in [1.82, 2.24) is 0 Å². The van der Waals surface area contributed by atoms with E-state index in [2.05, 4.69) is 0 Å². The first-order valence-corrected chi connectivity index (χ1v) is 3.88. The van der Waals surface area contributed by atoms with Crippen LogP contribution in [0.1, 0.15) is 17.1 Å². The summed E-state index contributed by atoms with van der Waals surface area (Å²) in [5, 5.41) is 18.4. The third-order valence-electron chi connectivity index (χ3n) is 2.05. The van der Waals surface area contributed by atoms with Gasteiger partial charge in [0.2, 0.25) is 0 Å². The van der Waals surface area contributed by atoms with E-state index in [1.54, 1.807) is 0 Å². The lowest BCUT2D eigenvalue weighted by Gasteiger charge is -1.88. The number of aromatic hydroxyl groups is 1. The smallest absolute Gasteiger partial charge is 0.295 e. The number of thiocarbonyl (C=S) groups is 1. The van der Waals surface area contributed by atoms with Crippen LogP contribution in [0.2, 0.25) is 0 Å². The van der Waals surface area contributed by atoms with E-state index in [1.165, 1.54) is 0 Å². The van der Waals surface area contributed by atoms with Crippen molar-refractivity contribution in [2.75, 3.05) is 0 Å². The van der Waals surface area contributed by atoms with E-state index < -0.39 is 0 Å². The Bertz CT molecular complexity index is 599. The van der Waals surface area contributed by atoms with Gasteiger partial charge in [-0.25, -0.2) is 0 Å². The Kier molecular flexibility index (Phi) is 0.901. The third-order valence-corrected chi connectivity index (χ3v) is 2.42. The monoisotopic (exact) mass is 191 g/mol. The zero-order valence-electron chi connectivity index (χ0n) is 6.12. The fourth-order valence-electron chi connectivity index (χ4n) is 1.51. The first kappa shape index (κ1) is 6.69. The molecule has 2 aromatic heterocycles. The van der Waals surface area contributed by atoms with Gasteiger partial charge in [0, 0.05) is 0 Å². The topological polar surface area (TPSA) is 70.3 Å². The molecular formula is C8HNO3S. The van der Waals surface area contributed by atoms with Gasteiger partial charge in [-0.15, -0.1) is 0 Å². The number of hydrogen-bond donors (Lipinski definition) is 1. The highest BCUT2D eigenvalue weighted by atomic mass is 32.1. The molecule has 0 atom stereocenters. The third kappa shape index (κ3) is 0.523. The van der Waals surface area contributed by atoms with Gasteiger partial charge < -0.3 is 13.9 Å². The Hall–Kier alpha value is -1.80. The van der Waals surface area contributed by atoms with E-state index in [-0.39, 0.29) is 11.5 Å². The molecule has 0 fully saturated rings. The minimum atomic E-state index is -0.295. The van der Waals surface area contributed by atoms with Gasteiger partial charge in [0.25, 0.3) is 5.95 Å². The van der Waals surface area contributed by atoms with E-state index >= 15 is 0 Å². The molecule has 1 aliphatic heterocycles. The summed E-state index contributed by atoms with van der Waals surface area (Å²) < 4.78 is 10.1. The van der Waals surface area contributed by atoms with Crippen LogP contribution in [0, 0.1) is 11.3 Å². The summed E-state index contributed by atoms with van der Waals surface area (Å²) in [6, 6.07) is 1.92. The second-order valence-electron chi connectivity index (χ2n) is 2.69. The number of hydrogen-bond acceptors (Lipinski definition) is 5. The van der Waals surface area contributed by atoms with Gasteiger partial charge in [0.15, 0.2) is 17.1 Å². The minimum Gasteiger partial charge on any atom is -0.480 e. The highest BCUT2D eigenvalue weighted by Crippen LogP contribution is 2.44. The van der Waals surface area contributed by atoms with E-state index in [9.17, 15) is 5.11 Å². The number of nitrogens with zero attached hydrogens (tertiary/aromatic N) is 1. The highest BCUT2D eigenvalue weighted by molar-refractivity contribution is 7.81. The minimum absolute atomic E-state index is 0.263. The van der Waals surface area contributed by atoms with Crippen molar-refractivity contribution >= 4 is 28.1 Å². The van der Waals surface area contributed by atoms with E-state index in [0.717, 1.165) is 0 Å². The zero-order valence-corrected chi connectivity index (χ0v) is 6.94. The van der Waals surface area contributed by atoms with E-state index in [1.807, 2.05) is 6.07 Å². The van der Waals surface area contributed by atoms with Gasteiger partial charge in [0.05, 0.1) is 0 Å². The standard InChI is InChI=1S/C8HNO3S/c9-1-2-3-5-6(12-8(3)10)7(13)4(2)11-5/h10H. The first-order chi connectivity index (χ1) is 6.24. The molecule has 13 heavy (non-hydrogen) atoms. The number of furan rings is 2. The molecule has 4 nitrogen and oxygen atoms in total. The Morgan fingerprint density at radius 2 is 2.08 bits per heavy atom. The predicted octanol–water partition coefficient (Wildman–Crippen LogP) is 1.68. The summed E-state index contributed by atoms with van der Waals surface area (Å²) in [4.78, 5) is 0.361. The average Bonchev–Trinajstić information content (AvgIpc) is 2.68. The molecule has 0 aliphatic carbocycles. The zero-order chi connectivity index (χ0) is 9.16. The lowest BCUT2D eigenvalue weighted by Crippen LogP contribution is -1.95. The summed E-state index contributed by atoms with van der Waals surface area (Å²) in [5.74, 6) is 0.398. The van der Waals surface area contributed by atoms with Gasteiger partial charge in [-0.05, 0) is 0 Å². The molecule has 0 saturated carbocycles. The number of rotatable bonds is 0. The van der Waals surface area contributed by atoms with Crippen LogP contribution in [0.5, 0.6) is 5.95 Å². The highest BCUT2D eigenvalue weighted by Gasteiger charge is 2.36. The lowest BCUT2D eigenvalue weighted by atomic mass is 10.1. The molecule has 0 unspecified atom stereocenters. The van der Waals surface area contributed by atoms with Crippen molar-refractivity contribution in [2.45, 2.75) is 0 Å². The normalized spacial score (nSPS) is 13.0. The fourth-order valence-corrected chi connectivity index (χ4v) is 1.79. The number of fused-ring (bicyclic) bond motifs is 1. The Morgan fingerprint density at radius 3 is 2.77 bits per heavy atom. The van der Waals surface area contributed by atoms with Crippen LogP contribution in [-0.4, -0.2) is 9.97 Å². The Balaban J connectivity index is 2.67.